The van der Waals surface area contributed by atoms with Gasteiger partial charge in [-0.15, -0.1) is 0 Å². The third-order valence-corrected chi connectivity index (χ3v) is 8.28. The first-order chi connectivity index (χ1) is 20.9. The second-order valence-corrected chi connectivity index (χ2v) is 11.4. The van der Waals surface area contributed by atoms with E-state index >= 15 is 0 Å². The standard InChI is InChI=1S/C30H31ClF3N5O5/c1-2-43-27(42)22-15-29(16-36-22)8-10-39(11-9-29)23-14-24(38-28(35)37-23)44-25(30(32,33)34)20-7-6-19(31)13-21(20)17-4-3-5-18(12-17)26(40)41/h3-7,12-14,22,25,36H,2,8-11,15-16H2,1H3,(H,40,41)(H2,35,37,38)/t22-,25?/m0/s1. The Balaban J connectivity index is 1.39. The lowest BCUT2D eigenvalue weighted by atomic mass is 9.76. The number of hydrogen-bond acceptors (Lipinski definition) is 9. The van der Waals surface area contributed by atoms with Crippen molar-refractivity contribution in [3.05, 3.63) is 64.7 Å². The molecule has 14 heteroatoms. The van der Waals surface area contributed by atoms with E-state index in [1.165, 1.54) is 48.5 Å². The van der Waals surface area contributed by atoms with E-state index in [1.807, 2.05) is 4.90 Å². The van der Waals surface area contributed by atoms with E-state index in [0.717, 1.165) is 12.8 Å². The zero-order valence-corrected chi connectivity index (χ0v) is 24.5. The second-order valence-electron chi connectivity index (χ2n) is 11.0. The van der Waals surface area contributed by atoms with Gasteiger partial charge in [0.05, 0.1) is 12.2 Å². The van der Waals surface area contributed by atoms with Crippen LogP contribution in [0.1, 0.15) is 48.2 Å². The van der Waals surface area contributed by atoms with Crippen molar-refractivity contribution in [3.63, 3.8) is 0 Å². The number of benzene rings is 2. The number of aromatic nitrogens is 2. The number of alkyl halides is 3. The van der Waals surface area contributed by atoms with Gasteiger partial charge in [0.25, 0.3) is 0 Å². The van der Waals surface area contributed by atoms with Crippen molar-refractivity contribution in [1.82, 2.24) is 15.3 Å². The molecule has 1 spiro atoms. The molecule has 234 valence electrons. The van der Waals surface area contributed by atoms with Gasteiger partial charge in [0.15, 0.2) is 0 Å². The normalized spacial score (nSPS) is 18.7. The van der Waals surface area contributed by atoms with Gasteiger partial charge >= 0.3 is 18.1 Å². The average Bonchev–Trinajstić information content (AvgIpc) is 3.39. The SMILES string of the molecule is CCOC(=O)[C@@H]1CC2(CCN(c3cc(OC(c4ccc(Cl)cc4-c4cccc(C(=O)O)c4)C(F)(F)F)nc(N)n3)CC2)CN1. The minimum atomic E-state index is -4.89. The second kappa shape index (κ2) is 12.5. The van der Waals surface area contributed by atoms with Crippen LogP contribution in [0.15, 0.2) is 48.5 Å². The molecular weight excluding hydrogens is 603 g/mol. The number of carboxylic acid groups (broad SMARTS) is 1. The Kier molecular flexibility index (Phi) is 8.89. The summed E-state index contributed by atoms with van der Waals surface area (Å²) >= 11 is 6.15. The highest BCUT2D eigenvalue weighted by Gasteiger charge is 2.46. The smallest absolute Gasteiger partial charge is 0.429 e. The number of esters is 1. The maximum absolute atomic E-state index is 14.6. The highest BCUT2D eigenvalue weighted by atomic mass is 35.5. The van der Waals surface area contributed by atoms with E-state index in [9.17, 15) is 27.9 Å². The van der Waals surface area contributed by atoms with E-state index in [1.54, 1.807) is 6.92 Å². The van der Waals surface area contributed by atoms with Gasteiger partial charge in [0.1, 0.15) is 11.9 Å². The summed E-state index contributed by atoms with van der Waals surface area (Å²) < 4.78 is 54.4. The fraction of sp³-hybridized carbons (Fsp3) is 0.400. The first-order valence-corrected chi connectivity index (χ1v) is 14.4. The molecule has 2 saturated heterocycles. The molecule has 4 N–H and O–H groups in total. The summed E-state index contributed by atoms with van der Waals surface area (Å²) in [5.74, 6) is -1.81. The molecule has 5 rings (SSSR count). The number of piperidine rings is 1. The van der Waals surface area contributed by atoms with E-state index in [4.69, 9.17) is 26.8 Å². The van der Waals surface area contributed by atoms with Gasteiger partial charge < -0.3 is 30.5 Å². The molecule has 2 fully saturated rings. The first-order valence-electron chi connectivity index (χ1n) is 14.0. The summed E-state index contributed by atoms with van der Waals surface area (Å²) in [5, 5.41) is 12.8. The number of nitrogens with one attached hydrogen (secondary N) is 1. The third-order valence-electron chi connectivity index (χ3n) is 8.04. The molecule has 3 heterocycles. The zero-order valence-electron chi connectivity index (χ0n) is 23.7. The van der Waals surface area contributed by atoms with Crippen molar-refractivity contribution >= 4 is 35.3 Å². The minimum Gasteiger partial charge on any atom is -0.478 e. The van der Waals surface area contributed by atoms with Crippen molar-refractivity contribution in [2.45, 2.75) is 44.5 Å². The van der Waals surface area contributed by atoms with Crippen molar-refractivity contribution in [2.24, 2.45) is 5.41 Å². The summed E-state index contributed by atoms with van der Waals surface area (Å²) in [6.45, 7) is 3.81. The van der Waals surface area contributed by atoms with Gasteiger partial charge in [-0.05, 0) is 67.0 Å². The minimum absolute atomic E-state index is 0.0535. The van der Waals surface area contributed by atoms with Crippen LogP contribution in [0.4, 0.5) is 24.9 Å². The van der Waals surface area contributed by atoms with Gasteiger partial charge in [0.2, 0.25) is 17.9 Å². The number of hydrogen-bond donors (Lipinski definition) is 3. The maximum atomic E-state index is 14.6. The number of anilines is 2. The van der Waals surface area contributed by atoms with E-state index in [-0.39, 0.29) is 56.5 Å². The zero-order chi connectivity index (χ0) is 31.6. The van der Waals surface area contributed by atoms with Gasteiger partial charge in [-0.3, -0.25) is 4.79 Å². The number of aromatic carboxylic acids is 1. The van der Waals surface area contributed by atoms with Crippen molar-refractivity contribution in [3.8, 4) is 17.0 Å². The van der Waals surface area contributed by atoms with Crippen LogP contribution in [0.2, 0.25) is 5.02 Å². The summed E-state index contributed by atoms with van der Waals surface area (Å²) in [6.07, 6.45) is -5.28. The van der Waals surface area contributed by atoms with Crippen molar-refractivity contribution in [2.75, 3.05) is 36.9 Å². The molecule has 0 saturated carbocycles. The lowest BCUT2D eigenvalue weighted by Gasteiger charge is -2.39. The van der Waals surface area contributed by atoms with Gasteiger partial charge in [-0.1, -0.05) is 29.8 Å². The van der Waals surface area contributed by atoms with Crippen molar-refractivity contribution in [1.29, 1.82) is 0 Å². The Morgan fingerprint density at radius 1 is 1.18 bits per heavy atom. The lowest BCUT2D eigenvalue weighted by Crippen LogP contribution is -2.41. The Morgan fingerprint density at radius 2 is 1.93 bits per heavy atom. The molecule has 2 atom stereocenters. The highest BCUT2D eigenvalue weighted by Crippen LogP contribution is 2.43. The molecule has 10 nitrogen and oxygen atoms in total. The molecule has 0 radical (unpaired) electrons. The number of carbonyl (C=O) groups excluding carboxylic acids is 1. The fourth-order valence-electron chi connectivity index (χ4n) is 5.82. The van der Waals surface area contributed by atoms with E-state index in [2.05, 4.69) is 15.3 Å². The fourth-order valence-corrected chi connectivity index (χ4v) is 6.00. The topological polar surface area (TPSA) is 140 Å². The number of ether oxygens (including phenoxy) is 2. The van der Waals surface area contributed by atoms with Crippen LogP contribution < -0.4 is 20.7 Å². The predicted molar refractivity (Wildman–Crippen MR) is 157 cm³/mol. The van der Waals surface area contributed by atoms with Crippen LogP contribution in [-0.2, 0) is 9.53 Å². The summed E-state index contributed by atoms with van der Waals surface area (Å²) in [7, 11) is 0. The third kappa shape index (κ3) is 6.83. The Labute approximate surface area is 256 Å². The number of nitrogens with zero attached hydrogens (tertiary/aromatic N) is 3. The molecule has 1 unspecified atom stereocenters. The number of halogens is 4. The quantitative estimate of drug-likeness (QED) is 0.281. The number of rotatable bonds is 8. The lowest BCUT2D eigenvalue weighted by molar-refractivity contribution is -0.198. The molecule has 2 aliphatic heterocycles. The number of nitrogens with two attached hydrogens (primary N) is 1. The molecule has 3 aromatic rings. The van der Waals surface area contributed by atoms with Crippen LogP contribution in [0.3, 0.4) is 0 Å². The molecule has 2 aliphatic rings. The van der Waals surface area contributed by atoms with Crippen LogP contribution in [0.5, 0.6) is 5.88 Å². The Bertz CT molecular complexity index is 1550. The van der Waals surface area contributed by atoms with Gasteiger partial charge in [-0.25, -0.2) is 4.79 Å². The van der Waals surface area contributed by atoms with Gasteiger partial charge in [0, 0.05) is 36.3 Å². The van der Waals surface area contributed by atoms with E-state index < -0.39 is 18.2 Å². The summed E-state index contributed by atoms with van der Waals surface area (Å²) in [6, 6.07) is 10.3. The monoisotopic (exact) mass is 633 g/mol. The molecule has 0 aliphatic carbocycles. The van der Waals surface area contributed by atoms with Crippen molar-refractivity contribution < 1.29 is 37.3 Å². The maximum Gasteiger partial charge on any atom is 0.429 e. The van der Waals surface area contributed by atoms with Crippen LogP contribution >= 0.6 is 11.6 Å². The average molecular weight is 634 g/mol. The first kappa shape index (κ1) is 31.3. The molecule has 0 amide bonds. The highest BCUT2D eigenvalue weighted by molar-refractivity contribution is 6.30. The van der Waals surface area contributed by atoms with Crippen LogP contribution in [0.25, 0.3) is 11.1 Å². The predicted octanol–water partition coefficient (Wildman–Crippen LogP) is 5.27. The van der Waals surface area contributed by atoms with Crippen LogP contribution in [0, 0.1) is 5.41 Å². The number of carbonyl (C=O) groups is 2. The van der Waals surface area contributed by atoms with Gasteiger partial charge in [-0.2, -0.15) is 23.1 Å². The molecule has 1 aromatic heterocycles. The molecule has 2 aromatic carbocycles. The van der Waals surface area contributed by atoms with Crippen LogP contribution in [-0.4, -0.2) is 65.5 Å². The molecule has 44 heavy (non-hydrogen) atoms. The van der Waals surface area contributed by atoms with E-state index in [0.29, 0.717) is 38.5 Å². The number of carboxylic acids is 1. The Hall–Kier alpha value is -4.10. The number of nitrogen functional groups attached to an aromatic ring is 1. The Morgan fingerprint density at radius 3 is 2.61 bits per heavy atom. The molecular formula is C30H31ClF3N5O5. The summed E-state index contributed by atoms with van der Waals surface area (Å²) in [5.41, 5.74) is 5.72. The molecule has 0 bridgehead atoms. The largest absolute Gasteiger partial charge is 0.478 e. The summed E-state index contributed by atoms with van der Waals surface area (Å²) in [4.78, 5) is 33.8.